The molecule has 7 N–H and O–H groups in total. The molecule has 3 aromatic carbocycles. The number of hydrogen-bond donors (Lipinski definition) is 6. The first-order chi connectivity index (χ1) is 23.0. The molecular weight excluding hydrogens is 620 g/mol. The van der Waals surface area contributed by atoms with Crippen LogP contribution in [0.3, 0.4) is 0 Å². The Morgan fingerprint density at radius 2 is 1.29 bits per heavy atom. The van der Waals surface area contributed by atoms with Gasteiger partial charge in [-0.25, -0.2) is 9.59 Å². The summed E-state index contributed by atoms with van der Waals surface area (Å²) in [7, 11) is 1.39. The molecule has 0 saturated carbocycles. The summed E-state index contributed by atoms with van der Waals surface area (Å²) < 4.78 is 10.2. The highest BCUT2D eigenvalue weighted by Gasteiger charge is 2.30. The molecule has 1 aliphatic rings. The highest BCUT2D eigenvalue weighted by Crippen LogP contribution is 2.44. The van der Waals surface area contributed by atoms with Gasteiger partial charge in [0, 0.05) is 18.7 Å². The van der Waals surface area contributed by atoms with Gasteiger partial charge in [-0.05, 0) is 53.8 Å². The molecule has 0 radical (unpaired) electrons. The fraction of sp³-hybridized carbons (Fsp3) is 0.294. The second-order valence-corrected chi connectivity index (χ2v) is 11.2. The van der Waals surface area contributed by atoms with E-state index < -0.39 is 53.9 Å². The average Bonchev–Trinajstić information content (AvgIpc) is 3.39. The predicted octanol–water partition coefficient (Wildman–Crippen LogP) is 2.27. The smallest absolute Gasteiger partial charge is 0.407 e. The number of benzene rings is 3. The van der Waals surface area contributed by atoms with Gasteiger partial charge in [0.2, 0.25) is 23.6 Å². The molecular formula is C34H38N6O8. The maximum absolute atomic E-state index is 13.0. The van der Waals surface area contributed by atoms with E-state index in [1.165, 1.54) is 20.9 Å². The minimum Gasteiger partial charge on any atom is -0.449 e. The van der Waals surface area contributed by atoms with E-state index in [2.05, 4.69) is 26.6 Å². The van der Waals surface area contributed by atoms with Crippen molar-refractivity contribution in [3.05, 3.63) is 89.5 Å². The van der Waals surface area contributed by atoms with E-state index in [4.69, 9.17) is 15.2 Å². The monoisotopic (exact) mass is 658 g/mol. The molecule has 0 spiro atoms. The molecule has 0 fully saturated rings. The third-order valence-electron chi connectivity index (χ3n) is 7.73. The van der Waals surface area contributed by atoms with Crippen LogP contribution in [0.5, 0.6) is 0 Å². The fourth-order valence-corrected chi connectivity index (χ4v) is 5.15. The van der Waals surface area contributed by atoms with Crippen LogP contribution in [0.2, 0.25) is 0 Å². The first-order valence-electron chi connectivity index (χ1n) is 15.2. The average molecular weight is 659 g/mol. The number of amides is 6. The molecule has 0 heterocycles. The second kappa shape index (κ2) is 16.1. The van der Waals surface area contributed by atoms with Gasteiger partial charge >= 0.3 is 12.2 Å². The molecule has 6 amide bonds. The van der Waals surface area contributed by atoms with Crippen LogP contribution in [0, 0.1) is 0 Å². The number of nitrogens with one attached hydrogen (secondary N) is 5. The molecule has 0 saturated heterocycles. The predicted molar refractivity (Wildman–Crippen MR) is 175 cm³/mol. The molecule has 0 aliphatic heterocycles. The summed E-state index contributed by atoms with van der Waals surface area (Å²) in [4.78, 5) is 74.4. The number of fused-ring (bicyclic) bond motifs is 3. The van der Waals surface area contributed by atoms with Crippen LogP contribution in [0.4, 0.5) is 15.3 Å². The molecule has 0 bridgehead atoms. The van der Waals surface area contributed by atoms with Gasteiger partial charge in [0.1, 0.15) is 31.3 Å². The van der Waals surface area contributed by atoms with E-state index in [0.717, 1.165) is 22.3 Å². The Balaban J connectivity index is 1.28. The van der Waals surface area contributed by atoms with Crippen LogP contribution in [0.1, 0.15) is 42.9 Å². The van der Waals surface area contributed by atoms with Crippen LogP contribution >= 0.6 is 0 Å². The van der Waals surface area contributed by atoms with Crippen molar-refractivity contribution in [2.45, 2.75) is 50.9 Å². The number of nitrogens with two attached hydrogens (primary N) is 1. The molecule has 48 heavy (non-hydrogen) atoms. The third-order valence-corrected chi connectivity index (χ3v) is 7.73. The van der Waals surface area contributed by atoms with Crippen LogP contribution in [0.15, 0.2) is 72.8 Å². The van der Waals surface area contributed by atoms with Gasteiger partial charge in [0.05, 0.1) is 6.42 Å². The van der Waals surface area contributed by atoms with Gasteiger partial charge in [-0.3, -0.25) is 19.2 Å². The van der Waals surface area contributed by atoms with E-state index in [9.17, 15) is 28.8 Å². The van der Waals surface area contributed by atoms with Crippen molar-refractivity contribution in [2.75, 3.05) is 19.0 Å². The van der Waals surface area contributed by atoms with Crippen LogP contribution < -0.4 is 32.3 Å². The number of hydrogen-bond acceptors (Lipinski definition) is 8. The molecule has 14 heteroatoms. The zero-order valence-electron chi connectivity index (χ0n) is 26.7. The first-order valence-corrected chi connectivity index (χ1v) is 15.2. The lowest BCUT2D eigenvalue weighted by Gasteiger charge is -2.22. The largest absolute Gasteiger partial charge is 0.449 e. The minimum atomic E-state index is -1.29. The quantitative estimate of drug-likeness (QED) is 0.160. The maximum atomic E-state index is 13.0. The van der Waals surface area contributed by atoms with E-state index in [-0.39, 0.29) is 25.6 Å². The summed E-state index contributed by atoms with van der Waals surface area (Å²) >= 11 is 0. The van der Waals surface area contributed by atoms with Gasteiger partial charge in [-0.15, -0.1) is 0 Å². The maximum Gasteiger partial charge on any atom is 0.407 e. The Labute approximate surface area is 277 Å². The van der Waals surface area contributed by atoms with E-state index in [1.54, 1.807) is 24.3 Å². The normalized spacial score (nSPS) is 13.4. The zero-order valence-corrected chi connectivity index (χ0v) is 26.7. The number of primary amides is 1. The molecule has 2 unspecified atom stereocenters. The van der Waals surface area contributed by atoms with Crippen molar-refractivity contribution < 1.29 is 38.2 Å². The van der Waals surface area contributed by atoms with Gasteiger partial charge in [0.15, 0.2) is 0 Å². The minimum absolute atomic E-state index is 0.0532. The SMILES string of the molecule is CNC(=O)CC(NC(=O)C(C)NC(=O)[C@H](C)NC(=O)OCC1c2ccccc2-c2ccccc21)C(=O)Nc1ccc(COC(N)=O)cc1. The second-order valence-electron chi connectivity index (χ2n) is 11.2. The lowest BCUT2D eigenvalue weighted by atomic mass is 9.98. The fourth-order valence-electron chi connectivity index (χ4n) is 5.15. The highest BCUT2D eigenvalue weighted by molar-refractivity contribution is 6.00. The van der Waals surface area contributed by atoms with Crippen LogP contribution in [0.25, 0.3) is 11.1 Å². The number of rotatable bonds is 13. The molecule has 1 aliphatic carbocycles. The number of carbonyl (C=O) groups is 6. The molecule has 14 nitrogen and oxygen atoms in total. The molecule has 4 rings (SSSR count). The summed E-state index contributed by atoms with van der Waals surface area (Å²) in [6.45, 7) is 2.85. The Bertz CT molecular complexity index is 1630. The van der Waals surface area contributed by atoms with Crippen molar-refractivity contribution in [1.29, 1.82) is 0 Å². The molecule has 252 valence electrons. The third kappa shape index (κ3) is 9.09. The highest BCUT2D eigenvalue weighted by atomic mass is 16.6. The summed E-state index contributed by atoms with van der Waals surface area (Å²) in [5, 5.41) is 12.5. The van der Waals surface area contributed by atoms with Gasteiger partial charge in [-0.1, -0.05) is 60.7 Å². The van der Waals surface area contributed by atoms with E-state index >= 15 is 0 Å². The number of alkyl carbamates (subject to hydrolysis) is 1. The Kier molecular flexibility index (Phi) is 11.7. The Morgan fingerprint density at radius 3 is 1.88 bits per heavy atom. The number of anilines is 1. The summed E-state index contributed by atoms with van der Waals surface area (Å²) in [5.41, 5.74) is 10.2. The lowest BCUT2D eigenvalue weighted by Crippen LogP contribution is -2.55. The Hall–Kier alpha value is -5.92. The van der Waals surface area contributed by atoms with Crippen molar-refractivity contribution in [1.82, 2.24) is 21.3 Å². The van der Waals surface area contributed by atoms with Crippen molar-refractivity contribution >= 4 is 41.5 Å². The number of ether oxygens (including phenoxy) is 2. The van der Waals surface area contributed by atoms with Crippen LogP contribution in [-0.2, 0) is 35.3 Å². The van der Waals surface area contributed by atoms with Crippen molar-refractivity contribution in [3.63, 3.8) is 0 Å². The van der Waals surface area contributed by atoms with E-state index in [1.807, 2.05) is 48.5 Å². The van der Waals surface area contributed by atoms with Gasteiger partial charge < -0.3 is 41.8 Å². The summed E-state index contributed by atoms with van der Waals surface area (Å²) in [6, 6.07) is 18.6. The van der Waals surface area contributed by atoms with E-state index in [0.29, 0.717) is 11.3 Å². The lowest BCUT2D eigenvalue weighted by molar-refractivity contribution is -0.132. The molecule has 3 atom stereocenters. The summed E-state index contributed by atoms with van der Waals surface area (Å²) in [6.07, 6.45) is -2.10. The zero-order chi connectivity index (χ0) is 34.8. The molecule has 3 aromatic rings. The van der Waals surface area contributed by atoms with Crippen molar-refractivity contribution in [2.24, 2.45) is 5.73 Å². The standard InChI is InChI=1S/C34H38N6O8/c1-19(31(43)40-28(16-29(41)36-3)32(44)39-22-14-12-21(13-15-22)17-47-33(35)45)37-30(42)20(2)38-34(46)48-18-27-25-10-6-4-8-23(25)24-9-5-7-11-26(24)27/h4-15,19-20,27-28H,16-18H2,1-3H3,(H2,35,45)(H,36,41)(H,37,42)(H,38,46)(H,39,44)(H,40,43)/t19?,20-,28?/m0/s1. The van der Waals surface area contributed by atoms with Gasteiger partial charge in [-0.2, -0.15) is 0 Å². The molecule has 0 aromatic heterocycles. The number of carbonyl (C=O) groups excluding carboxylic acids is 6. The Morgan fingerprint density at radius 1 is 0.729 bits per heavy atom. The van der Waals surface area contributed by atoms with Crippen molar-refractivity contribution in [3.8, 4) is 11.1 Å². The van der Waals surface area contributed by atoms with Gasteiger partial charge in [0.25, 0.3) is 0 Å². The first kappa shape index (κ1) is 34.9. The summed E-state index contributed by atoms with van der Waals surface area (Å²) in [5.74, 6) is -2.75. The topological polar surface area (TPSA) is 207 Å². The van der Waals surface area contributed by atoms with Crippen LogP contribution in [-0.4, -0.2) is 67.6 Å².